The number of nitrogens with one attached hydrogen (secondary N) is 2. The van der Waals surface area contributed by atoms with Gasteiger partial charge < -0.3 is 26.0 Å². The van der Waals surface area contributed by atoms with Gasteiger partial charge in [0.2, 0.25) is 17.4 Å². The molecule has 1 unspecified atom stereocenters. The minimum atomic E-state index is -1.43. The Morgan fingerprint density at radius 2 is 2.17 bits per heavy atom. The molecule has 10 heteroatoms. The van der Waals surface area contributed by atoms with E-state index >= 15 is 0 Å². The molecule has 3 aliphatic rings. The second-order valence-electron chi connectivity index (χ2n) is 7.80. The molecule has 29 heavy (non-hydrogen) atoms. The van der Waals surface area contributed by atoms with Crippen LogP contribution in [0.4, 0.5) is 10.1 Å². The third-order valence-electron chi connectivity index (χ3n) is 5.76. The maximum Gasteiger partial charge on any atom is 0.270 e. The lowest BCUT2D eigenvalue weighted by Crippen LogP contribution is -2.54. The Morgan fingerprint density at radius 1 is 1.45 bits per heavy atom. The van der Waals surface area contributed by atoms with E-state index in [2.05, 4.69) is 10.6 Å². The summed E-state index contributed by atoms with van der Waals surface area (Å²) in [4.78, 5) is 39.3. The fourth-order valence-corrected chi connectivity index (χ4v) is 4.01. The summed E-state index contributed by atoms with van der Waals surface area (Å²) in [7, 11) is 1.70. The van der Waals surface area contributed by atoms with Crippen LogP contribution in [0.15, 0.2) is 18.2 Å². The number of likely N-dealkylation sites (tertiary alicyclic amines) is 1. The summed E-state index contributed by atoms with van der Waals surface area (Å²) in [6, 6.07) is 2.41. The normalized spacial score (nSPS) is 26.2. The van der Waals surface area contributed by atoms with E-state index in [-0.39, 0.29) is 37.0 Å². The zero-order valence-corrected chi connectivity index (χ0v) is 16.8. The number of benzene rings is 1. The molecule has 0 bridgehead atoms. The number of likely N-dealkylation sites (N-methyl/N-ethyl adjacent to an activating group) is 1. The Kier molecular flexibility index (Phi) is 5.73. The summed E-state index contributed by atoms with van der Waals surface area (Å²) in [6.45, 7) is -0.0923. The molecule has 1 saturated carbocycles. The van der Waals surface area contributed by atoms with Gasteiger partial charge in [-0.15, -0.1) is 12.4 Å². The molecule has 3 amide bonds. The second-order valence-corrected chi connectivity index (χ2v) is 7.80. The van der Waals surface area contributed by atoms with E-state index in [9.17, 15) is 18.8 Å². The molecule has 4 rings (SSSR count). The Hall–Kier alpha value is -2.39. The SMILES string of the molecule is CNC(CC1CC1)C(=O)N1C[C@@]2(C[C@H]1C(N)=O)Oc1ccc(F)cc1NC2=O.Cl. The number of ether oxygens (including phenoxy) is 1. The van der Waals surface area contributed by atoms with Gasteiger partial charge in [0.15, 0.2) is 0 Å². The molecular weight excluding hydrogens is 403 g/mol. The maximum atomic E-state index is 13.4. The smallest absolute Gasteiger partial charge is 0.270 e. The molecule has 0 radical (unpaired) electrons. The number of nitrogens with two attached hydrogens (primary N) is 1. The van der Waals surface area contributed by atoms with Gasteiger partial charge in [-0.1, -0.05) is 12.8 Å². The van der Waals surface area contributed by atoms with Crippen LogP contribution in [0.1, 0.15) is 25.7 Å². The molecule has 2 aliphatic heterocycles. The van der Waals surface area contributed by atoms with Crippen LogP contribution in [0, 0.1) is 11.7 Å². The van der Waals surface area contributed by atoms with Gasteiger partial charge in [0, 0.05) is 12.5 Å². The molecule has 2 fully saturated rings. The van der Waals surface area contributed by atoms with Gasteiger partial charge in [-0.2, -0.15) is 0 Å². The lowest BCUT2D eigenvalue weighted by Gasteiger charge is -2.34. The zero-order chi connectivity index (χ0) is 20.1. The first-order valence-corrected chi connectivity index (χ1v) is 9.40. The summed E-state index contributed by atoms with van der Waals surface area (Å²) in [5.41, 5.74) is 4.33. The second kappa shape index (κ2) is 7.79. The van der Waals surface area contributed by atoms with E-state index in [0.717, 1.165) is 18.9 Å². The van der Waals surface area contributed by atoms with Crippen molar-refractivity contribution in [2.45, 2.75) is 43.4 Å². The Labute approximate surface area is 173 Å². The molecule has 1 saturated heterocycles. The van der Waals surface area contributed by atoms with Crippen LogP contribution in [-0.4, -0.2) is 53.9 Å². The number of hydrogen-bond acceptors (Lipinski definition) is 5. The number of carbonyl (C=O) groups is 3. The van der Waals surface area contributed by atoms with Crippen molar-refractivity contribution in [1.82, 2.24) is 10.2 Å². The van der Waals surface area contributed by atoms with Gasteiger partial charge in [-0.05, 0) is 31.5 Å². The average molecular weight is 427 g/mol. The highest BCUT2D eigenvalue weighted by Gasteiger charge is 2.57. The van der Waals surface area contributed by atoms with E-state index < -0.39 is 35.3 Å². The molecule has 1 spiro atoms. The molecule has 1 aliphatic carbocycles. The van der Waals surface area contributed by atoms with E-state index in [1.807, 2.05) is 0 Å². The first-order chi connectivity index (χ1) is 13.3. The maximum absolute atomic E-state index is 13.4. The highest BCUT2D eigenvalue weighted by molar-refractivity contribution is 6.03. The first-order valence-electron chi connectivity index (χ1n) is 9.40. The number of hydrogen-bond donors (Lipinski definition) is 3. The quantitative estimate of drug-likeness (QED) is 0.644. The van der Waals surface area contributed by atoms with Gasteiger partial charge in [0.05, 0.1) is 18.3 Å². The lowest BCUT2D eigenvalue weighted by atomic mass is 9.96. The molecule has 2 heterocycles. The highest BCUT2D eigenvalue weighted by atomic mass is 35.5. The number of primary amides is 1. The summed E-state index contributed by atoms with van der Waals surface area (Å²) in [5.74, 6) is -1.18. The molecule has 1 aromatic rings. The van der Waals surface area contributed by atoms with Gasteiger partial charge in [-0.3, -0.25) is 14.4 Å². The van der Waals surface area contributed by atoms with Gasteiger partial charge in [0.25, 0.3) is 5.91 Å². The number of nitrogens with zero attached hydrogens (tertiary/aromatic N) is 1. The number of anilines is 1. The molecule has 3 atom stereocenters. The standard InChI is InChI=1S/C19H23FN4O4.ClH/c1-22-13(6-10-2-3-10)17(26)24-9-19(8-14(24)16(21)25)18(27)23-12-7-11(20)4-5-15(12)28-19;/h4-5,7,10,13-14,22H,2-3,6,8-9H2,1H3,(H2,21,25)(H,23,27);1H/t13?,14-,19+;/m0./s1. The fraction of sp³-hybridized carbons (Fsp3) is 0.526. The van der Waals surface area contributed by atoms with Crippen molar-refractivity contribution >= 4 is 35.8 Å². The predicted octanol–water partition coefficient (Wildman–Crippen LogP) is 0.792. The molecule has 1 aromatic carbocycles. The minimum Gasteiger partial charge on any atom is -0.473 e. The van der Waals surface area contributed by atoms with Crippen LogP contribution >= 0.6 is 12.4 Å². The predicted molar refractivity (Wildman–Crippen MR) is 105 cm³/mol. The van der Waals surface area contributed by atoms with Crippen molar-refractivity contribution in [3.63, 3.8) is 0 Å². The van der Waals surface area contributed by atoms with Crippen molar-refractivity contribution in [3.05, 3.63) is 24.0 Å². The van der Waals surface area contributed by atoms with Crippen LogP contribution < -0.4 is 21.1 Å². The zero-order valence-electron chi connectivity index (χ0n) is 15.9. The van der Waals surface area contributed by atoms with Crippen molar-refractivity contribution in [1.29, 1.82) is 0 Å². The summed E-state index contributed by atoms with van der Waals surface area (Å²) < 4.78 is 19.3. The number of amides is 3. The Bertz CT molecular complexity index is 849. The number of halogens is 2. The minimum absolute atomic E-state index is 0. The van der Waals surface area contributed by atoms with Crippen LogP contribution in [0.5, 0.6) is 5.75 Å². The first kappa shape index (κ1) is 21.3. The highest BCUT2D eigenvalue weighted by Crippen LogP contribution is 2.41. The monoisotopic (exact) mass is 426 g/mol. The molecule has 4 N–H and O–H groups in total. The lowest BCUT2D eigenvalue weighted by molar-refractivity contribution is -0.140. The van der Waals surface area contributed by atoms with E-state index in [1.165, 1.54) is 17.0 Å². The topological polar surface area (TPSA) is 114 Å². The van der Waals surface area contributed by atoms with Crippen LogP contribution in [0.2, 0.25) is 0 Å². The van der Waals surface area contributed by atoms with Crippen molar-refractivity contribution < 1.29 is 23.5 Å². The van der Waals surface area contributed by atoms with Crippen LogP contribution in [0.3, 0.4) is 0 Å². The Morgan fingerprint density at radius 3 is 2.79 bits per heavy atom. The van der Waals surface area contributed by atoms with Crippen LogP contribution in [-0.2, 0) is 14.4 Å². The summed E-state index contributed by atoms with van der Waals surface area (Å²) >= 11 is 0. The molecule has 158 valence electrons. The fourth-order valence-electron chi connectivity index (χ4n) is 4.01. The Balaban J connectivity index is 0.00000240. The van der Waals surface area contributed by atoms with Crippen LogP contribution in [0.25, 0.3) is 0 Å². The average Bonchev–Trinajstić information content (AvgIpc) is 3.39. The third-order valence-corrected chi connectivity index (χ3v) is 5.76. The third kappa shape index (κ3) is 3.89. The molecule has 0 aromatic heterocycles. The van der Waals surface area contributed by atoms with Gasteiger partial charge >= 0.3 is 0 Å². The van der Waals surface area contributed by atoms with Gasteiger partial charge in [0.1, 0.15) is 17.6 Å². The number of carbonyl (C=O) groups excluding carboxylic acids is 3. The molecule has 8 nitrogen and oxygen atoms in total. The molecular formula is C19H24ClFN4O4. The van der Waals surface area contributed by atoms with Crippen molar-refractivity contribution in [2.24, 2.45) is 11.7 Å². The van der Waals surface area contributed by atoms with Crippen molar-refractivity contribution in [3.8, 4) is 5.75 Å². The summed E-state index contributed by atoms with van der Waals surface area (Å²) in [5, 5.41) is 5.64. The van der Waals surface area contributed by atoms with E-state index in [1.54, 1.807) is 7.05 Å². The largest absolute Gasteiger partial charge is 0.473 e. The van der Waals surface area contributed by atoms with E-state index in [0.29, 0.717) is 18.1 Å². The summed E-state index contributed by atoms with van der Waals surface area (Å²) in [6.07, 6.45) is 2.82. The number of rotatable bonds is 5. The van der Waals surface area contributed by atoms with Crippen molar-refractivity contribution in [2.75, 3.05) is 18.9 Å². The van der Waals surface area contributed by atoms with Gasteiger partial charge in [-0.25, -0.2) is 4.39 Å². The van der Waals surface area contributed by atoms with E-state index in [4.69, 9.17) is 10.5 Å². The number of fused-ring (bicyclic) bond motifs is 1.